The first-order valence-electron chi connectivity index (χ1n) is 5.99. The number of rotatable bonds is 5. The summed E-state index contributed by atoms with van der Waals surface area (Å²) in [5.74, 6) is 0. The van der Waals surface area contributed by atoms with Crippen LogP contribution in [-0.2, 0) is 22.2 Å². The van der Waals surface area contributed by atoms with Crippen molar-refractivity contribution in [1.29, 1.82) is 0 Å². The molecule has 2 rings (SSSR count). The molecule has 1 aromatic carbocycles. The van der Waals surface area contributed by atoms with Gasteiger partial charge in [0.15, 0.2) is 0 Å². The van der Waals surface area contributed by atoms with E-state index in [0.29, 0.717) is 10.6 Å². The molecule has 20 heavy (non-hydrogen) atoms. The molecule has 2 aromatic rings. The fourth-order valence-corrected chi connectivity index (χ4v) is 4.26. The SMILES string of the molecule is CC(C)(NS(=O)(=O)c1ccccc1CO)c1nccs1. The number of nitrogens with one attached hydrogen (secondary N) is 1. The molecular formula is C13H16N2O3S2. The number of nitrogens with zero attached hydrogens (tertiary/aromatic N) is 1. The summed E-state index contributed by atoms with van der Waals surface area (Å²) < 4.78 is 27.6. The predicted octanol–water partition coefficient (Wildman–Crippen LogP) is 1.85. The molecule has 0 atom stereocenters. The monoisotopic (exact) mass is 312 g/mol. The van der Waals surface area contributed by atoms with Gasteiger partial charge in [-0.3, -0.25) is 0 Å². The van der Waals surface area contributed by atoms with Crippen molar-refractivity contribution >= 4 is 21.4 Å². The quantitative estimate of drug-likeness (QED) is 0.883. The lowest BCUT2D eigenvalue weighted by Gasteiger charge is -2.24. The lowest BCUT2D eigenvalue weighted by atomic mass is 10.1. The summed E-state index contributed by atoms with van der Waals surface area (Å²) in [6.45, 7) is 3.19. The minimum absolute atomic E-state index is 0.0899. The van der Waals surface area contributed by atoms with E-state index in [0.717, 1.165) is 0 Å². The predicted molar refractivity (Wildman–Crippen MR) is 77.8 cm³/mol. The van der Waals surface area contributed by atoms with Gasteiger partial charge in [-0.15, -0.1) is 11.3 Å². The van der Waals surface area contributed by atoms with Gasteiger partial charge < -0.3 is 5.11 Å². The number of aliphatic hydroxyl groups is 1. The summed E-state index contributed by atoms with van der Waals surface area (Å²) in [4.78, 5) is 4.24. The Labute approximate surface area is 122 Å². The lowest BCUT2D eigenvalue weighted by molar-refractivity contribution is 0.278. The van der Waals surface area contributed by atoms with Crippen molar-refractivity contribution in [2.45, 2.75) is 30.9 Å². The van der Waals surface area contributed by atoms with Gasteiger partial charge in [0.05, 0.1) is 17.0 Å². The third-order valence-electron chi connectivity index (χ3n) is 2.79. The molecule has 7 heteroatoms. The summed E-state index contributed by atoms with van der Waals surface area (Å²) >= 11 is 1.39. The maximum Gasteiger partial charge on any atom is 0.241 e. The highest BCUT2D eigenvalue weighted by atomic mass is 32.2. The first-order valence-corrected chi connectivity index (χ1v) is 8.36. The lowest BCUT2D eigenvalue weighted by Crippen LogP contribution is -2.41. The van der Waals surface area contributed by atoms with Crippen molar-refractivity contribution in [3.63, 3.8) is 0 Å². The van der Waals surface area contributed by atoms with Crippen LogP contribution in [0.25, 0.3) is 0 Å². The molecular weight excluding hydrogens is 296 g/mol. The van der Waals surface area contributed by atoms with Crippen LogP contribution in [0.15, 0.2) is 40.7 Å². The summed E-state index contributed by atoms with van der Waals surface area (Å²) in [5.41, 5.74) is -0.440. The average molecular weight is 312 g/mol. The maximum atomic E-state index is 12.5. The fraction of sp³-hybridized carbons (Fsp3) is 0.308. The molecule has 0 saturated heterocycles. The molecule has 0 fully saturated rings. The Morgan fingerprint density at radius 3 is 2.65 bits per heavy atom. The molecule has 2 N–H and O–H groups in total. The molecule has 5 nitrogen and oxygen atoms in total. The summed E-state index contributed by atoms with van der Waals surface area (Å²) in [6, 6.07) is 6.39. The molecule has 1 heterocycles. The smallest absolute Gasteiger partial charge is 0.241 e. The van der Waals surface area contributed by atoms with E-state index in [4.69, 9.17) is 0 Å². The topological polar surface area (TPSA) is 79.3 Å². The largest absolute Gasteiger partial charge is 0.392 e. The number of sulfonamides is 1. The Balaban J connectivity index is 2.37. The number of hydrogen-bond acceptors (Lipinski definition) is 5. The molecule has 0 unspecified atom stereocenters. The molecule has 0 aliphatic heterocycles. The Kier molecular flexibility index (Phi) is 4.24. The third kappa shape index (κ3) is 3.06. The van der Waals surface area contributed by atoms with Gasteiger partial charge in [0.25, 0.3) is 0 Å². The van der Waals surface area contributed by atoms with Crippen molar-refractivity contribution in [3.8, 4) is 0 Å². The van der Waals surface area contributed by atoms with Gasteiger partial charge in [0.1, 0.15) is 5.01 Å². The zero-order valence-corrected chi connectivity index (χ0v) is 12.8. The number of aromatic nitrogens is 1. The number of benzene rings is 1. The van der Waals surface area contributed by atoms with E-state index >= 15 is 0 Å². The zero-order valence-electron chi connectivity index (χ0n) is 11.2. The molecule has 0 spiro atoms. The van der Waals surface area contributed by atoms with E-state index in [2.05, 4.69) is 9.71 Å². The van der Waals surface area contributed by atoms with Crippen LogP contribution in [0.2, 0.25) is 0 Å². The Hall–Kier alpha value is -1.28. The van der Waals surface area contributed by atoms with Crippen molar-refractivity contribution in [3.05, 3.63) is 46.4 Å². The normalized spacial score (nSPS) is 12.6. The average Bonchev–Trinajstić information content (AvgIpc) is 2.92. The van der Waals surface area contributed by atoms with Crippen LogP contribution < -0.4 is 4.72 Å². The van der Waals surface area contributed by atoms with Gasteiger partial charge in [-0.25, -0.2) is 13.4 Å². The minimum Gasteiger partial charge on any atom is -0.392 e. The van der Waals surface area contributed by atoms with E-state index < -0.39 is 15.6 Å². The summed E-state index contributed by atoms with van der Waals surface area (Å²) in [7, 11) is -3.73. The Morgan fingerprint density at radius 1 is 1.35 bits per heavy atom. The van der Waals surface area contributed by atoms with E-state index in [1.54, 1.807) is 43.6 Å². The fourth-order valence-electron chi connectivity index (χ4n) is 1.86. The van der Waals surface area contributed by atoms with Crippen LogP contribution >= 0.6 is 11.3 Å². The van der Waals surface area contributed by atoms with Crippen LogP contribution in [0.3, 0.4) is 0 Å². The zero-order chi connectivity index (χ0) is 14.8. The highest BCUT2D eigenvalue weighted by Gasteiger charge is 2.30. The summed E-state index contributed by atoms with van der Waals surface area (Å²) in [5, 5.41) is 11.7. The van der Waals surface area contributed by atoms with Crippen LogP contribution in [0.4, 0.5) is 0 Å². The molecule has 0 bridgehead atoms. The second kappa shape index (κ2) is 5.61. The Bertz CT molecular complexity index is 679. The molecule has 1 aromatic heterocycles. The second-order valence-corrected chi connectivity index (χ2v) is 7.38. The van der Waals surface area contributed by atoms with E-state index in [1.165, 1.54) is 17.4 Å². The number of thiazole rings is 1. The highest BCUT2D eigenvalue weighted by Crippen LogP contribution is 2.25. The van der Waals surface area contributed by atoms with Gasteiger partial charge in [0, 0.05) is 11.6 Å². The number of hydrogen-bond donors (Lipinski definition) is 2. The van der Waals surface area contributed by atoms with Crippen LogP contribution in [0.5, 0.6) is 0 Å². The third-order valence-corrected chi connectivity index (χ3v) is 5.64. The van der Waals surface area contributed by atoms with Gasteiger partial charge in [-0.05, 0) is 25.5 Å². The van der Waals surface area contributed by atoms with E-state index in [1.807, 2.05) is 0 Å². The van der Waals surface area contributed by atoms with Gasteiger partial charge >= 0.3 is 0 Å². The molecule has 0 saturated carbocycles. The standard InChI is InChI=1S/C13H16N2O3S2/c1-13(2,12-14-7-8-19-12)15-20(17,18)11-6-4-3-5-10(11)9-16/h3-8,15-16H,9H2,1-2H3. The molecule has 0 radical (unpaired) electrons. The second-order valence-electron chi connectivity index (χ2n) is 4.83. The Morgan fingerprint density at radius 2 is 2.05 bits per heavy atom. The van der Waals surface area contributed by atoms with Crippen molar-refractivity contribution in [2.24, 2.45) is 0 Å². The van der Waals surface area contributed by atoms with Gasteiger partial charge in [0.2, 0.25) is 10.0 Å². The van der Waals surface area contributed by atoms with Crippen LogP contribution in [-0.4, -0.2) is 18.5 Å². The molecule has 0 amide bonds. The van der Waals surface area contributed by atoms with Gasteiger partial charge in [-0.2, -0.15) is 4.72 Å². The number of aliphatic hydroxyl groups excluding tert-OH is 1. The first kappa shape index (κ1) is 15.1. The van der Waals surface area contributed by atoms with Crippen molar-refractivity contribution in [1.82, 2.24) is 9.71 Å². The molecule has 0 aliphatic rings. The minimum atomic E-state index is -3.73. The first-order chi connectivity index (χ1) is 9.37. The van der Waals surface area contributed by atoms with Crippen molar-refractivity contribution in [2.75, 3.05) is 0 Å². The van der Waals surface area contributed by atoms with Gasteiger partial charge in [-0.1, -0.05) is 18.2 Å². The maximum absolute atomic E-state index is 12.5. The van der Waals surface area contributed by atoms with E-state index in [-0.39, 0.29) is 11.5 Å². The molecule has 0 aliphatic carbocycles. The summed E-state index contributed by atoms with van der Waals surface area (Å²) in [6.07, 6.45) is 1.64. The molecule has 108 valence electrons. The van der Waals surface area contributed by atoms with E-state index in [9.17, 15) is 13.5 Å². The van der Waals surface area contributed by atoms with Crippen LogP contribution in [0.1, 0.15) is 24.4 Å². The van der Waals surface area contributed by atoms with Crippen molar-refractivity contribution < 1.29 is 13.5 Å². The van der Waals surface area contributed by atoms with Crippen LogP contribution in [0, 0.1) is 0 Å². The highest BCUT2D eigenvalue weighted by molar-refractivity contribution is 7.89.